The fourth-order valence-corrected chi connectivity index (χ4v) is 3.04. The lowest BCUT2D eigenvalue weighted by Gasteiger charge is -2.01. The molecule has 0 amide bonds. The predicted molar refractivity (Wildman–Crippen MR) is 72.1 cm³/mol. The van der Waals surface area contributed by atoms with Crippen molar-refractivity contribution >= 4 is 29.0 Å². The summed E-state index contributed by atoms with van der Waals surface area (Å²) in [4.78, 5) is 12.2. The molecule has 3 rings (SSSR count). The molecule has 0 aliphatic rings. The number of thiophene rings is 1. The lowest BCUT2D eigenvalue weighted by molar-refractivity contribution is 0.111. The van der Waals surface area contributed by atoms with E-state index in [-0.39, 0.29) is 0 Å². The van der Waals surface area contributed by atoms with E-state index in [1.165, 1.54) is 11.3 Å². The number of rotatable bonds is 4. The van der Waals surface area contributed by atoms with E-state index in [1.54, 1.807) is 16.0 Å². The molecule has 0 aromatic carbocycles. The number of aryl methyl sites for hydroxylation is 1. The standard InChI is InChI=1S/C11H9N5OS2/c1-7-12-14-11(19-7)16-10(9(6-17)13-15-16)5-8-3-2-4-18-8/h2-4,6H,5H2,1H3. The van der Waals surface area contributed by atoms with Crippen LogP contribution in [0.15, 0.2) is 17.5 Å². The van der Waals surface area contributed by atoms with Crippen LogP contribution in [-0.4, -0.2) is 31.5 Å². The van der Waals surface area contributed by atoms with Gasteiger partial charge in [0.05, 0.1) is 5.69 Å². The van der Waals surface area contributed by atoms with Crippen LogP contribution >= 0.6 is 22.7 Å². The monoisotopic (exact) mass is 291 g/mol. The summed E-state index contributed by atoms with van der Waals surface area (Å²) in [6, 6.07) is 3.99. The average molecular weight is 291 g/mol. The molecule has 0 N–H and O–H groups in total. The van der Waals surface area contributed by atoms with Gasteiger partial charge in [0.1, 0.15) is 10.7 Å². The van der Waals surface area contributed by atoms with Crippen LogP contribution in [0.4, 0.5) is 0 Å². The molecule has 0 aliphatic heterocycles. The smallest absolute Gasteiger partial charge is 0.234 e. The second kappa shape index (κ2) is 4.98. The molecular weight excluding hydrogens is 282 g/mol. The summed E-state index contributed by atoms with van der Waals surface area (Å²) in [6.45, 7) is 1.87. The van der Waals surface area contributed by atoms with E-state index in [9.17, 15) is 4.79 Å². The van der Waals surface area contributed by atoms with Crippen molar-refractivity contribution in [2.24, 2.45) is 0 Å². The van der Waals surface area contributed by atoms with Crippen molar-refractivity contribution in [2.45, 2.75) is 13.3 Å². The molecule has 0 atom stereocenters. The van der Waals surface area contributed by atoms with Crippen LogP contribution in [0.1, 0.15) is 26.1 Å². The second-order valence-electron chi connectivity index (χ2n) is 3.81. The van der Waals surface area contributed by atoms with Crippen molar-refractivity contribution < 1.29 is 4.79 Å². The highest BCUT2D eigenvalue weighted by atomic mass is 32.1. The topological polar surface area (TPSA) is 73.6 Å². The third-order valence-electron chi connectivity index (χ3n) is 2.52. The van der Waals surface area contributed by atoms with E-state index in [0.29, 0.717) is 17.2 Å². The Bertz CT molecular complexity index is 701. The van der Waals surface area contributed by atoms with E-state index < -0.39 is 0 Å². The van der Waals surface area contributed by atoms with Crippen molar-refractivity contribution in [3.8, 4) is 5.13 Å². The summed E-state index contributed by atoms with van der Waals surface area (Å²) < 4.78 is 1.59. The first-order valence-corrected chi connectivity index (χ1v) is 7.20. The maximum absolute atomic E-state index is 11.1. The first-order chi connectivity index (χ1) is 9.28. The zero-order valence-corrected chi connectivity index (χ0v) is 11.6. The van der Waals surface area contributed by atoms with Crippen molar-refractivity contribution in [1.29, 1.82) is 0 Å². The molecule has 0 saturated carbocycles. The van der Waals surface area contributed by atoms with Crippen molar-refractivity contribution in [1.82, 2.24) is 25.2 Å². The molecule has 0 unspecified atom stereocenters. The van der Waals surface area contributed by atoms with E-state index in [4.69, 9.17) is 0 Å². The zero-order valence-electron chi connectivity index (χ0n) is 9.98. The van der Waals surface area contributed by atoms with Gasteiger partial charge in [-0.15, -0.1) is 26.6 Å². The van der Waals surface area contributed by atoms with Gasteiger partial charge in [0.25, 0.3) is 0 Å². The number of carbonyl (C=O) groups excluding carboxylic acids is 1. The summed E-state index contributed by atoms with van der Waals surface area (Å²) in [5, 5.41) is 19.4. The van der Waals surface area contributed by atoms with E-state index >= 15 is 0 Å². The van der Waals surface area contributed by atoms with Gasteiger partial charge >= 0.3 is 0 Å². The third kappa shape index (κ3) is 2.32. The average Bonchev–Trinajstić information content (AvgIpc) is 3.10. The number of carbonyl (C=O) groups is 1. The van der Waals surface area contributed by atoms with Crippen LogP contribution in [0.5, 0.6) is 0 Å². The molecule has 6 nitrogen and oxygen atoms in total. The summed E-state index contributed by atoms with van der Waals surface area (Å²) in [6.07, 6.45) is 1.33. The van der Waals surface area contributed by atoms with Crippen LogP contribution < -0.4 is 0 Å². The van der Waals surface area contributed by atoms with Gasteiger partial charge in [-0.3, -0.25) is 4.79 Å². The first kappa shape index (κ1) is 12.1. The second-order valence-corrected chi connectivity index (χ2v) is 6.00. The van der Waals surface area contributed by atoms with E-state index in [0.717, 1.165) is 21.9 Å². The van der Waals surface area contributed by atoms with Crippen molar-refractivity contribution in [2.75, 3.05) is 0 Å². The molecule has 0 saturated heterocycles. The van der Waals surface area contributed by atoms with Crippen LogP contribution in [0.25, 0.3) is 5.13 Å². The Morgan fingerprint density at radius 2 is 2.26 bits per heavy atom. The molecule has 0 fully saturated rings. The van der Waals surface area contributed by atoms with Gasteiger partial charge in [-0.2, -0.15) is 4.68 Å². The molecule has 0 aliphatic carbocycles. The molecule has 19 heavy (non-hydrogen) atoms. The summed E-state index contributed by atoms with van der Waals surface area (Å²) in [5.74, 6) is 0. The number of hydrogen-bond donors (Lipinski definition) is 0. The maximum Gasteiger partial charge on any atom is 0.234 e. The summed E-state index contributed by atoms with van der Waals surface area (Å²) >= 11 is 3.05. The van der Waals surface area contributed by atoms with Gasteiger partial charge in [0.2, 0.25) is 5.13 Å². The summed E-state index contributed by atoms with van der Waals surface area (Å²) in [7, 11) is 0. The molecule has 3 aromatic rings. The largest absolute Gasteiger partial charge is 0.296 e. The Morgan fingerprint density at radius 3 is 2.89 bits per heavy atom. The molecule has 0 radical (unpaired) electrons. The lowest BCUT2D eigenvalue weighted by atomic mass is 10.2. The van der Waals surface area contributed by atoms with Gasteiger partial charge < -0.3 is 0 Å². The SMILES string of the molecule is Cc1nnc(-n2nnc(C=O)c2Cc2cccs2)s1. The third-order valence-corrected chi connectivity index (χ3v) is 4.21. The molecule has 3 heterocycles. The predicted octanol–water partition coefficient (Wildman–Crippen LogP) is 1.89. The molecule has 0 bridgehead atoms. The summed E-state index contributed by atoms with van der Waals surface area (Å²) in [5.41, 5.74) is 1.09. The molecular formula is C11H9N5OS2. The zero-order chi connectivity index (χ0) is 13.2. The van der Waals surface area contributed by atoms with E-state index in [1.807, 2.05) is 24.4 Å². The van der Waals surface area contributed by atoms with Crippen molar-refractivity contribution in [3.63, 3.8) is 0 Å². The fourth-order valence-electron chi connectivity index (χ4n) is 1.67. The van der Waals surface area contributed by atoms with E-state index in [2.05, 4.69) is 20.5 Å². The normalized spacial score (nSPS) is 10.8. The number of hydrogen-bond acceptors (Lipinski definition) is 7. The Labute approximate surface area is 116 Å². The Morgan fingerprint density at radius 1 is 1.37 bits per heavy atom. The highest BCUT2D eigenvalue weighted by Crippen LogP contribution is 2.20. The number of aromatic nitrogens is 5. The minimum atomic E-state index is 0.348. The molecule has 8 heteroatoms. The number of nitrogens with zero attached hydrogens (tertiary/aromatic N) is 5. The quantitative estimate of drug-likeness (QED) is 0.686. The highest BCUT2D eigenvalue weighted by Gasteiger charge is 2.17. The maximum atomic E-state index is 11.1. The molecule has 0 spiro atoms. The van der Waals surface area contributed by atoms with Crippen LogP contribution in [0.2, 0.25) is 0 Å². The van der Waals surface area contributed by atoms with Crippen LogP contribution in [-0.2, 0) is 6.42 Å². The Hall–Kier alpha value is -1.93. The van der Waals surface area contributed by atoms with Gasteiger partial charge in [0.15, 0.2) is 6.29 Å². The number of aldehydes is 1. The minimum Gasteiger partial charge on any atom is -0.296 e. The molecule has 96 valence electrons. The van der Waals surface area contributed by atoms with Crippen molar-refractivity contribution in [3.05, 3.63) is 38.8 Å². The van der Waals surface area contributed by atoms with Gasteiger partial charge in [-0.25, -0.2) is 0 Å². The molecule has 3 aromatic heterocycles. The van der Waals surface area contributed by atoms with Gasteiger partial charge in [0, 0.05) is 11.3 Å². The highest BCUT2D eigenvalue weighted by molar-refractivity contribution is 7.13. The fraction of sp³-hybridized carbons (Fsp3) is 0.182. The van der Waals surface area contributed by atoms with Gasteiger partial charge in [-0.1, -0.05) is 22.6 Å². The first-order valence-electron chi connectivity index (χ1n) is 5.50. The Balaban J connectivity index is 2.05. The lowest BCUT2D eigenvalue weighted by Crippen LogP contribution is -2.03. The minimum absolute atomic E-state index is 0.348. The Kier molecular flexibility index (Phi) is 3.18. The van der Waals surface area contributed by atoms with Gasteiger partial charge in [-0.05, 0) is 18.4 Å². The van der Waals surface area contributed by atoms with Crippen LogP contribution in [0, 0.1) is 6.92 Å². The van der Waals surface area contributed by atoms with Crippen LogP contribution in [0.3, 0.4) is 0 Å².